The molecule has 118 valence electrons. The maximum absolute atomic E-state index is 12.3. The van der Waals surface area contributed by atoms with E-state index in [1.54, 1.807) is 19.1 Å². The van der Waals surface area contributed by atoms with Gasteiger partial charge in [-0.2, -0.15) is 5.10 Å². The van der Waals surface area contributed by atoms with E-state index in [1.165, 1.54) is 6.20 Å². The summed E-state index contributed by atoms with van der Waals surface area (Å²) in [5.74, 6) is -3.45. The maximum atomic E-state index is 12.3. The zero-order chi connectivity index (χ0) is 16.1. The van der Waals surface area contributed by atoms with Gasteiger partial charge in [-0.15, -0.1) is 0 Å². The van der Waals surface area contributed by atoms with Crippen molar-refractivity contribution in [2.75, 3.05) is 11.9 Å². The lowest BCUT2D eigenvalue weighted by molar-refractivity contribution is -0.146. The Morgan fingerprint density at radius 2 is 2.05 bits per heavy atom. The van der Waals surface area contributed by atoms with Gasteiger partial charge in [0.15, 0.2) is 0 Å². The zero-order valence-corrected chi connectivity index (χ0v) is 12.0. The average molecular weight is 307 g/mol. The van der Waals surface area contributed by atoms with Crippen LogP contribution in [0.15, 0.2) is 18.3 Å². The van der Waals surface area contributed by atoms with E-state index >= 15 is 0 Å². The van der Waals surface area contributed by atoms with Crippen LogP contribution in [0.2, 0.25) is 0 Å². The fourth-order valence-corrected chi connectivity index (χ4v) is 2.34. The summed E-state index contributed by atoms with van der Waals surface area (Å²) in [5.41, 5.74) is 0.105. The van der Waals surface area contributed by atoms with Gasteiger partial charge in [0.1, 0.15) is 11.4 Å². The lowest BCUT2D eigenvalue weighted by atomic mass is 9.82. The molecule has 0 fully saturated rings. The number of carboxylic acid groups (broad SMARTS) is 1. The number of ether oxygens (including phenoxy) is 1. The van der Waals surface area contributed by atoms with Gasteiger partial charge < -0.3 is 15.2 Å². The van der Waals surface area contributed by atoms with E-state index in [0.717, 1.165) is 0 Å². The van der Waals surface area contributed by atoms with Crippen LogP contribution in [0.4, 0.5) is 5.82 Å². The number of aromatic amines is 1. The molecule has 1 amide bonds. The highest BCUT2D eigenvalue weighted by atomic mass is 16.5. The molecular formula is C14H17N3O5. The van der Waals surface area contributed by atoms with Gasteiger partial charge in [0.2, 0.25) is 5.91 Å². The molecule has 22 heavy (non-hydrogen) atoms. The molecule has 2 unspecified atom stereocenters. The van der Waals surface area contributed by atoms with E-state index in [9.17, 15) is 19.5 Å². The lowest BCUT2D eigenvalue weighted by Gasteiger charge is -2.23. The molecule has 0 saturated carbocycles. The second-order valence-electron chi connectivity index (χ2n) is 4.86. The second kappa shape index (κ2) is 6.88. The number of hydrogen-bond donors (Lipinski definition) is 3. The van der Waals surface area contributed by atoms with Crippen LogP contribution in [0, 0.1) is 11.8 Å². The third-order valence-electron chi connectivity index (χ3n) is 3.47. The SMILES string of the molecule is CCOC(=O)c1cn[nH]c1NC(=O)C1CC=CCC1C(=O)O. The standard InChI is InChI=1S/C14H17N3O5/c1-2-22-14(21)10-7-15-17-11(10)16-12(18)8-5-3-4-6-9(8)13(19)20/h3-4,7-9H,2,5-6H2,1H3,(H,19,20)(H2,15,16,17,18). The summed E-state index contributed by atoms with van der Waals surface area (Å²) >= 11 is 0. The van der Waals surface area contributed by atoms with Gasteiger partial charge in [-0.3, -0.25) is 14.7 Å². The number of nitrogens with zero attached hydrogens (tertiary/aromatic N) is 1. The Bertz CT molecular complexity index is 607. The van der Waals surface area contributed by atoms with Gasteiger partial charge in [0, 0.05) is 0 Å². The molecule has 0 aliphatic heterocycles. The third-order valence-corrected chi connectivity index (χ3v) is 3.47. The molecule has 8 heteroatoms. The molecule has 2 atom stereocenters. The van der Waals surface area contributed by atoms with Crippen LogP contribution in [0.25, 0.3) is 0 Å². The van der Waals surface area contributed by atoms with Crippen LogP contribution in [0.3, 0.4) is 0 Å². The van der Waals surface area contributed by atoms with Crippen molar-refractivity contribution in [3.8, 4) is 0 Å². The Morgan fingerprint density at radius 1 is 1.36 bits per heavy atom. The lowest BCUT2D eigenvalue weighted by Crippen LogP contribution is -2.35. The first-order valence-electron chi connectivity index (χ1n) is 6.93. The first kappa shape index (κ1) is 15.7. The van der Waals surface area contributed by atoms with E-state index in [4.69, 9.17) is 4.74 Å². The second-order valence-corrected chi connectivity index (χ2v) is 4.86. The van der Waals surface area contributed by atoms with Crippen molar-refractivity contribution in [1.82, 2.24) is 10.2 Å². The fourth-order valence-electron chi connectivity index (χ4n) is 2.34. The highest BCUT2D eigenvalue weighted by Crippen LogP contribution is 2.27. The fraction of sp³-hybridized carbons (Fsp3) is 0.429. The van der Waals surface area contributed by atoms with E-state index in [2.05, 4.69) is 15.5 Å². The van der Waals surface area contributed by atoms with Crippen molar-refractivity contribution in [2.24, 2.45) is 11.8 Å². The molecule has 0 radical (unpaired) electrons. The minimum absolute atomic E-state index is 0.105. The number of esters is 1. The third kappa shape index (κ3) is 3.33. The Morgan fingerprint density at radius 3 is 2.68 bits per heavy atom. The molecule has 3 N–H and O–H groups in total. The number of amides is 1. The number of carbonyl (C=O) groups excluding carboxylic acids is 2. The molecule has 2 rings (SSSR count). The minimum atomic E-state index is -1.01. The Hall–Kier alpha value is -2.64. The van der Waals surface area contributed by atoms with Crippen molar-refractivity contribution in [3.63, 3.8) is 0 Å². The largest absolute Gasteiger partial charge is 0.481 e. The van der Waals surface area contributed by atoms with E-state index < -0.39 is 29.7 Å². The minimum Gasteiger partial charge on any atom is -0.481 e. The molecule has 0 aromatic carbocycles. The number of aliphatic carboxylic acids is 1. The average Bonchev–Trinajstić information content (AvgIpc) is 2.95. The van der Waals surface area contributed by atoms with Crippen LogP contribution in [0.5, 0.6) is 0 Å². The molecule has 0 spiro atoms. The number of rotatable bonds is 5. The Labute approximate surface area is 126 Å². The highest BCUT2D eigenvalue weighted by molar-refractivity contribution is 6.01. The number of H-pyrrole nitrogens is 1. The summed E-state index contributed by atoms with van der Waals surface area (Å²) in [5, 5.41) is 17.9. The van der Waals surface area contributed by atoms with Gasteiger partial charge in [-0.25, -0.2) is 4.79 Å². The molecule has 8 nitrogen and oxygen atoms in total. The van der Waals surface area contributed by atoms with Gasteiger partial charge >= 0.3 is 11.9 Å². The number of allylic oxidation sites excluding steroid dienone is 2. The smallest absolute Gasteiger partial charge is 0.343 e. The van der Waals surface area contributed by atoms with Gasteiger partial charge in [0.05, 0.1) is 24.6 Å². The summed E-state index contributed by atoms with van der Waals surface area (Å²) in [6, 6.07) is 0. The van der Waals surface area contributed by atoms with Crippen molar-refractivity contribution >= 4 is 23.7 Å². The van der Waals surface area contributed by atoms with E-state index in [0.29, 0.717) is 12.8 Å². The molecule has 1 aromatic rings. The molecule has 1 aromatic heterocycles. The normalized spacial score (nSPS) is 20.4. The molecule has 0 saturated heterocycles. The molecule has 0 bridgehead atoms. The summed E-state index contributed by atoms with van der Waals surface area (Å²) < 4.78 is 4.86. The van der Waals surface area contributed by atoms with Gasteiger partial charge in [0.25, 0.3) is 0 Å². The van der Waals surface area contributed by atoms with Crippen LogP contribution < -0.4 is 5.32 Å². The Balaban J connectivity index is 2.12. The van der Waals surface area contributed by atoms with Crippen molar-refractivity contribution in [3.05, 3.63) is 23.9 Å². The van der Waals surface area contributed by atoms with Crippen molar-refractivity contribution in [1.29, 1.82) is 0 Å². The Kier molecular flexibility index (Phi) is 4.92. The van der Waals surface area contributed by atoms with Crippen LogP contribution >= 0.6 is 0 Å². The van der Waals surface area contributed by atoms with Gasteiger partial charge in [-0.05, 0) is 19.8 Å². The van der Waals surface area contributed by atoms with Crippen molar-refractivity contribution < 1.29 is 24.2 Å². The summed E-state index contributed by atoms with van der Waals surface area (Å²) in [6.45, 7) is 1.87. The van der Waals surface area contributed by atoms with E-state index in [1.807, 2.05) is 0 Å². The van der Waals surface area contributed by atoms with Crippen LogP contribution in [-0.4, -0.2) is 39.8 Å². The van der Waals surface area contributed by atoms with Gasteiger partial charge in [-0.1, -0.05) is 12.2 Å². The number of hydrogen-bond acceptors (Lipinski definition) is 5. The number of aromatic nitrogens is 2. The highest BCUT2D eigenvalue weighted by Gasteiger charge is 2.34. The number of carboxylic acids is 1. The maximum Gasteiger partial charge on any atom is 0.343 e. The summed E-state index contributed by atoms with van der Waals surface area (Å²) in [6.07, 6.45) is 5.43. The number of nitrogens with one attached hydrogen (secondary N) is 2. The quantitative estimate of drug-likeness (QED) is 0.555. The molecule has 1 heterocycles. The van der Waals surface area contributed by atoms with Crippen molar-refractivity contribution in [2.45, 2.75) is 19.8 Å². The predicted molar refractivity (Wildman–Crippen MR) is 76.2 cm³/mol. The van der Waals surface area contributed by atoms with Crippen LogP contribution in [-0.2, 0) is 14.3 Å². The topological polar surface area (TPSA) is 121 Å². The molecule has 1 aliphatic rings. The van der Waals surface area contributed by atoms with E-state index in [-0.39, 0.29) is 18.0 Å². The predicted octanol–water partition coefficient (Wildman–Crippen LogP) is 1.19. The molecule has 1 aliphatic carbocycles. The molecular weight excluding hydrogens is 290 g/mol. The summed E-state index contributed by atoms with van der Waals surface area (Å²) in [4.78, 5) is 35.2. The first-order valence-corrected chi connectivity index (χ1v) is 6.93. The zero-order valence-electron chi connectivity index (χ0n) is 12.0. The first-order chi connectivity index (χ1) is 10.5. The summed E-state index contributed by atoms with van der Waals surface area (Å²) in [7, 11) is 0. The number of carbonyl (C=O) groups is 3. The van der Waals surface area contributed by atoms with Crippen LogP contribution in [0.1, 0.15) is 30.1 Å². The monoisotopic (exact) mass is 307 g/mol. The number of anilines is 1.